The molecule has 3 N–H and O–H groups in total. The Morgan fingerprint density at radius 3 is 2.89 bits per heavy atom. The van der Waals surface area contributed by atoms with Crippen LogP contribution in [0.1, 0.15) is 0 Å². The number of benzene rings is 1. The molecule has 5 nitrogen and oxygen atoms in total. The number of nitrogens with two attached hydrogens (primary N) is 1. The number of hydrazine groups is 1. The fourth-order valence-electron chi connectivity index (χ4n) is 2.13. The summed E-state index contributed by atoms with van der Waals surface area (Å²) in [6, 6.07) is 7.77. The normalized spacial score (nSPS) is 16.9. The second-order valence-electron chi connectivity index (χ2n) is 4.31. The van der Waals surface area contributed by atoms with Crippen LogP contribution >= 0.6 is 0 Å². The van der Waals surface area contributed by atoms with Gasteiger partial charge in [-0.05, 0) is 24.3 Å². The molecule has 0 saturated carbocycles. The first-order chi connectivity index (χ1) is 8.84. The maximum Gasteiger partial charge on any atom is 0.0967 e. The lowest BCUT2D eigenvalue weighted by atomic mass is 10.1. The molecule has 94 valence electrons. The molecule has 0 atom stereocenters. The lowest BCUT2D eigenvalue weighted by molar-refractivity contribution is 0.0497. The van der Waals surface area contributed by atoms with Crippen molar-refractivity contribution < 1.29 is 4.74 Å². The largest absolute Gasteiger partial charge is 0.398 e. The van der Waals surface area contributed by atoms with E-state index in [-0.39, 0.29) is 0 Å². The van der Waals surface area contributed by atoms with E-state index in [1.165, 1.54) is 0 Å². The minimum atomic E-state index is 0.755. The van der Waals surface area contributed by atoms with Gasteiger partial charge < -0.3 is 15.9 Å². The van der Waals surface area contributed by atoms with E-state index in [2.05, 4.69) is 15.4 Å². The number of hydrogen-bond acceptors (Lipinski definition) is 5. The summed E-state index contributed by atoms with van der Waals surface area (Å²) in [6.45, 7) is 3.26. The van der Waals surface area contributed by atoms with Gasteiger partial charge >= 0.3 is 0 Å². The molecule has 2 aromatic rings. The summed E-state index contributed by atoms with van der Waals surface area (Å²) in [5.41, 5.74) is 12.0. The zero-order chi connectivity index (χ0) is 12.4. The first-order valence-electron chi connectivity index (χ1n) is 6.07. The number of aromatic nitrogens is 1. The van der Waals surface area contributed by atoms with E-state index in [1.54, 1.807) is 6.20 Å². The van der Waals surface area contributed by atoms with Crippen LogP contribution in [-0.2, 0) is 4.74 Å². The molecule has 0 amide bonds. The highest BCUT2D eigenvalue weighted by atomic mass is 16.5. The molecule has 5 heteroatoms. The van der Waals surface area contributed by atoms with Gasteiger partial charge in [-0.3, -0.25) is 4.98 Å². The van der Waals surface area contributed by atoms with Crippen molar-refractivity contribution in [3.63, 3.8) is 0 Å². The van der Waals surface area contributed by atoms with Gasteiger partial charge in [-0.2, -0.15) is 0 Å². The van der Waals surface area contributed by atoms with Crippen molar-refractivity contribution in [2.24, 2.45) is 0 Å². The minimum Gasteiger partial charge on any atom is -0.398 e. The summed E-state index contributed by atoms with van der Waals surface area (Å²) in [4.78, 5) is 4.41. The van der Waals surface area contributed by atoms with E-state index < -0.39 is 0 Å². The van der Waals surface area contributed by atoms with Gasteiger partial charge in [0.2, 0.25) is 0 Å². The van der Waals surface area contributed by atoms with Crippen LogP contribution in [0.5, 0.6) is 0 Å². The fraction of sp³-hybridized carbons (Fsp3) is 0.308. The molecule has 18 heavy (non-hydrogen) atoms. The Balaban J connectivity index is 1.94. The van der Waals surface area contributed by atoms with Gasteiger partial charge in [0.1, 0.15) is 0 Å². The van der Waals surface area contributed by atoms with Crippen molar-refractivity contribution in [1.82, 2.24) is 9.99 Å². The average molecular weight is 244 g/mol. The molecule has 0 bridgehead atoms. The Hall–Kier alpha value is -1.85. The number of rotatable bonds is 2. The summed E-state index contributed by atoms with van der Waals surface area (Å²) in [5.74, 6) is 0. The summed E-state index contributed by atoms with van der Waals surface area (Å²) in [6.07, 6.45) is 1.78. The topological polar surface area (TPSA) is 63.4 Å². The number of hydrogen-bond donors (Lipinski definition) is 2. The van der Waals surface area contributed by atoms with E-state index in [1.807, 2.05) is 24.3 Å². The molecule has 2 heterocycles. The minimum absolute atomic E-state index is 0.755. The quantitative estimate of drug-likeness (QED) is 0.783. The van der Waals surface area contributed by atoms with Gasteiger partial charge in [0, 0.05) is 30.4 Å². The van der Waals surface area contributed by atoms with Gasteiger partial charge in [0.15, 0.2) is 0 Å². The monoisotopic (exact) mass is 244 g/mol. The van der Waals surface area contributed by atoms with Crippen molar-refractivity contribution in [2.45, 2.75) is 0 Å². The van der Waals surface area contributed by atoms with Gasteiger partial charge in [-0.15, -0.1) is 0 Å². The Kier molecular flexibility index (Phi) is 3.00. The third kappa shape index (κ3) is 2.10. The van der Waals surface area contributed by atoms with Gasteiger partial charge in [-0.25, -0.2) is 5.01 Å². The predicted molar refractivity (Wildman–Crippen MR) is 72.2 cm³/mol. The number of anilines is 2. The van der Waals surface area contributed by atoms with Crippen molar-refractivity contribution in [1.29, 1.82) is 0 Å². The molecule has 1 aromatic heterocycles. The van der Waals surface area contributed by atoms with Crippen LogP contribution in [0, 0.1) is 0 Å². The highest BCUT2D eigenvalue weighted by Gasteiger charge is 2.12. The highest BCUT2D eigenvalue weighted by molar-refractivity contribution is 5.98. The van der Waals surface area contributed by atoms with E-state index in [0.717, 1.165) is 48.6 Å². The van der Waals surface area contributed by atoms with E-state index in [9.17, 15) is 0 Å². The SMILES string of the molecule is Nc1ccc(NN2CCOCC2)c2ncccc12. The molecule has 0 aliphatic carbocycles. The average Bonchev–Trinajstić information content (AvgIpc) is 2.44. The standard InChI is InChI=1S/C13H16N4O/c14-11-3-4-12(13-10(11)2-1-5-15-13)16-17-6-8-18-9-7-17/h1-5,16H,6-9,14H2. The van der Waals surface area contributed by atoms with Crippen LogP contribution in [-0.4, -0.2) is 36.3 Å². The summed E-state index contributed by atoms with van der Waals surface area (Å²) < 4.78 is 5.33. The van der Waals surface area contributed by atoms with Crippen molar-refractivity contribution in [3.05, 3.63) is 30.5 Å². The third-order valence-corrected chi connectivity index (χ3v) is 3.09. The number of morpholine rings is 1. The lowest BCUT2D eigenvalue weighted by Crippen LogP contribution is -2.40. The number of nitrogens with zero attached hydrogens (tertiary/aromatic N) is 2. The van der Waals surface area contributed by atoms with Gasteiger partial charge in [0.25, 0.3) is 0 Å². The van der Waals surface area contributed by atoms with Crippen LogP contribution in [0.15, 0.2) is 30.5 Å². The number of pyridine rings is 1. The zero-order valence-corrected chi connectivity index (χ0v) is 10.1. The molecule has 1 aliphatic heterocycles. The number of ether oxygens (including phenoxy) is 1. The smallest absolute Gasteiger partial charge is 0.0967 e. The van der Waals surface area contributed by atoms with Crippen LogP contribution in [0.25, 0.3) is 10.9 Å². The maximum atomic E-state index is 5.96. The number of nitrogens with one attached hydrogen (secondary N) is 1. The van der Waals surface area contributed by atoms with Crippen molar-refractivity contribution >= 4 is 22.3 Å². The molecule has 1 fully saturated rings. The fourth-order valence-corrected chi connectivity index (χ4v) is 2.13. The molecule has 1 aliphatic rings. The Morgan fingerprint density at radius 2 is 2.06 bits per heavy atom. The molecule has 0 spiro atoms. The lowest BCUT2D eigenvalue weighted by Gasteiger charge is -2.28. The van der Waals surface area contributed by atoms with Gasteiger partial charge in [-0.1, -0.05) is 0 Å². The van der Waals surface area contributed by atoms with Crippen LogP contribution in [0.2, 0.25) is 0 Å². The van der Waals surface area contributed by atoms with Crippen molar-refractivity contribution in [2.75, 3.05) is 37.5 Å². The number of nitrogen functional groups attached to an aromatic ring is 1. The molecule has 0 unspecified atom stereocenters. The molecule has 0 radical (unpaired) electrons. The van der Waals surface area contributed by atoms with E-state index in [4.69, 9.17) is 10.5 Å². The Bertz CT molecular complexity index is 552. The second-order valence-corrected chi connectivity index (χ2v) is 4.31. The molecular weight excluding hydrogens is 228 g/mol. The van der Waals surface area contributed by atoms with Crippen LogP contribution in [0.3, 0.4) is 0 Å². The third-order valence-electron chi connectivity index (χ3n) is 3.09. The molecule has 3 rings (SSSR count). The summed E-state index contributed by atoms with van der Waals surface area (Å²) in [5, 5.41) is 3.12. The Morgan fingerprint density at radius 1 is 1.22 bits per heavy atom. The van der Waals surface area contributed by atoms with E-state index >= 15 is 0 Å². The highest BCUT2D eigenvalue weighted by Crippen LogP contribution is 2.26. The number of fused-ring (bicyclic) bond motifs is 1. The molecule has 1 aromatic carbocycles. The first kappa shape index (κ1) is 11.3. The second kappa shape index (κ2) is 4.80. The van der Waals surface area contributed by atoms with E-state index in [0.29, 0.717) is 0 Å². The predicted octanol–water partition coefficient (Wildman–Crippen LogP) is 1.48. The van der Waals surface area contributed by atoms with Crippen molar-refractivity contribution in [3.8, 4) is 0 Å². The first-order valence-corrected chi connectivity index (χ1v) is 6.07. The van der Waals surface area contributed by atoms with Gasteiger partial charge in [0.05, 0.1) is 24.4 Å². The maximum absolute atomic E-state index is 5.96. The zero-order valence-electron chi connectivity index (χ0n) is 10.1. The van der Waals surface area contributed by atoms with Crippen LogP contribution < -0.4 is 11.2 Å². The van der Waals surface area contributed by atoms with Crippen LogP contribution in [0.4, 0.5) is 11.4 Å². The Labute approximate surface area is 106 Å². The summed E-state index contributed by atoms with van der Waals surface area (Å²) >= 11 is 0. The molecule has 1 saturated heterocycles. The molecular formula is C13H16N4O. The summed E-state index contributed by atoms with van der Waals surface area (Å²) in [7, 11) is 0.